The largest absolute Gasteiger partial charge is 0.462 e. The van der Waals surface area contributed by atoms with Crippen LogP contribution in [-0.2, 0) is 57.0 Å². The maximum Gasteiger partial charge on any atom is 0.308 e. The Hall–Kier alpha value is -2.27. The molecule has 0 aliphatic carbocycles. The van der Waals surface area contributed by atoms with Crippen molar-refractivity contribution in [1.29, 1.82) is 0 Å². The van der Waals surface area contributed by atoms with E-state index >= 15 is 0 Å². The molecule has 3 fully saturated rings. The zero-order valence-corrected chi connectivity index (χ0v) is 39.0. The van der Waals surface area contributed by atoms with Gasteiger partial charge in [-0.2, -0.15) is 0 Å². The van der Waals surface area contributed by atoms with E-state index in [9.17, 15) is 39.9 Å². The van der Waals surface area contributed by atoms with Crippen molar-refractivity contribution in [2.24, 2.45) is 23.7 Å². The van der Waals surface area contributed by atoms with Gasteiger partial charge in [-0.3, -0.25) is 9.59 Å². The van der Waals surface area contributed by atoms with Gasteiger partial charge in [-0.25, -0.2) is 0 Å². The molecule has 4 heterocycles. The normalized spacial score (nSPS) is 46.3. The van der Waals surface area contributed by atoms with Crippen LogP contribution in [0.2, 0.25) is 0 Å². The number of carbonyl (C=O) groups is 3. The van der Waals surface area contributed by atoms with Crippen molar-refractivity contribution in [1.82, 2.24) is 4.90 Å². The molecule has 362 valence electrons. The van der Waals surface area contributed by atoms with Crippen molar-refractivity contribution in [3.8, 4) is 0 Å². The Balaban J connectivity index is 1.63. The van der Waals surface area contributed by atoms with Crippen LogP contribution in [0.4, 0.5) is 0 Å². The summed E-state index contributed by atoms with van der Waals surface area (Å²) < 4.78 is 54.3. The number of aldehydes is 1. The molecule has 63 heavy (non-hydrogen) atoms. The van der Waals surface area contributed by atoms with E-state index in [1.165, 1.54) is 27.2 Å². The molecule has 4 aliphatic heterocycles. The summed E-state index contributed by atoms with van der Waals surface area (Å²) in [4.78, 5) is 41.4. The predicted octanol–water partition coefficient (Wildman–Crippen LogP) is 1.44. The Morgan fingerprint density at radius 2 is 1.51 bits per heavy atom. The van der Waals surface area contributed by atoms with Crippen molar-refractivity contribution in [2.75, 3.05) is 34.9 Å². The second kappa shape index (κ2) is 23.5. The molecular weight excluding hydrogens is 826 g/mol. The summed E-state index contributed by atoms with van der Waals surface area (Å²) in [5.74, 6) is -3.63. The molecule has 18 heteroatoms. The molecule has 21 atom stereocenters. The number of esters is 1. The van der Waals surface area contributed by atoms with Gasteiger partial charge < -0.3 is 77.9 Å². The number of hydrogen-bond acceptors (Lipinski definition) is 18. The van der Waals surface area contributed by atoms with E-state index < -0.39 is 140 Å². The molecule has 3 saturated heterocycles. The highest BCUT2D eigenvalue weighted by atomic mass is 16.7. The molecule has 4 rings (SSSR count). The van der Waals surface area contributed by atoms with E-state index in [0.29, 0.717) is 18.3 Å². The molecule has 0 spiro atoms. The summed E-state index contributed by atoms with van der Waals surface area (Å²) in [7, 11) is 6.38. The lowest BCUT2D eigenvalue weighted by Crippen LogP contribution is -2.65. The fourth-order valence-electron chi connectivity index (χ4n) is 9.26. The number of ether oxygens (including phenoxy) is 9. The SMILES string of the molecule is CCC1OC(=O)CC(O)C(C)C(OC2OC(C)C(OC3OC(C)C(O)C3(C)O)C(N(C)C)C2O)C(CC=O)CC(C)C(=O)/C=C/C(C)=C/C1COC1OC(C)C(O)C(OC)C1OC. The summed E-state index contributed by atoms with van der Waals surface area (Å²) in [5, 5.41) is 56.0. The zero-order chi connectivity index (χ0) is 47.1. The van der Waals surface area contributed by atoms with Crippen LogP contribution in [0.5, 0.6) is 0 Å². The predicted molar refractivity (Wildman–Crippen MR) is 226 cm³/mol. The Kier molecular flexibility index (Phi) is 19.9. The number of methoxy groups -OCH3 is 2. The maximum atomic E-state index is 13.8. The lowest BCUT2D eigenvalue weighted by Gasteiger charge is -2.49. The van der Waals surface area contributed by atoms with Gasteiger partial charge in [-0.1, -0.05) is 38.5 Å². The number of hydrogen-bond donors (Lipinski definition) is 5. The summed E-state index contributed by atoms with van der Waals surface area (Å²) in [6, 6.07) is -0.802. The summed E-state index contributed by atoms with van der Waals surface area (Å²) in [6.07, 6.45) is -9.13. The quantitative estimate of drug-likeness (QED) is 0.130. The molecule has 5 N–H and O–H groups in total. The van der Waals surface area contributed by atoms with E-state index in [2.05, 4.69) is 0 Å². The van der Waals surface area contributed by atoms with Crippen LogP contribution in [0.1, 0.15) is 81.1 Å². The van der Waals surface area contributed by atoms with Crippen LogP contribution in [0.3, 0.4) is 0 Å². The fraction of sp³-hybridized carbons (Fsp3) is 0.844. The molecule has 0 saturated carbocycles. The fourth-order valence-corrected chi connectivity index (χ4v) is 9.26. The standard InChI is InChI=1S/C45H75NO17/c1-13-32-29(21-57-43-40(56-12)39(55-11)35(51)25(5)58-43)18-22(2)14-15-30(48)23(3)19-28(16-17-47)37(24(4)31(49)20-33(50)61-32)62-42-36(52)34(46(9)10)38(26(6)59-42)63-44-45(8,54)41(53)27(7)60-44/h14-15,17-18,23-29,31-32,34-44,49,51-54H,13,16,19-21H2,1-12H3/b15-14+,22-18+. The topological polar surface area (TPSA) is 239 Å². The molecule has 21 unspecified atom stereocenters. The van der Waals surface area contributed by atoms with Crippen LogP contribution in [0, 0.1) is 23.7 Å². The van der Waals surface area contributed by atoms with E-state index in [0.717, 1.165) is 0 Å². The minimum absolute atomic E-state index is 0.0105. The third-order valence-corrected chi connectivity index (χ3v) is 13.2. The lowest BCUT2D eigenvalue weighted by atomic mass is 9.79. The molecule has 0 amide bonds. The Bertz CT molecular complexity index is 1540. The number of rotatable bonds is 13. The third kappa shape index (κ3) is 12.8. The minimum atomic E-state index is -1.76. The first-order chi connectivity index (χ1) is 29.6. The Labute approximate surface area is 372 Å². The van der Waals surface area contributed by atoms with Gasteiger partial charge in [0, 0.05) is 38.4 Å². The average molecular weight is 902 g/mol. The smallest absolute Gasteiger partial charge is 0.308 e. The number of nitrogens with zero attached hydrogens (tertiary/aromatic N) is 1. The Morgan fingerprint density at radius 3 is 2.08 bits per heavy atom. The van der Waals surface area contributed by atoms with E-state index in [1.807, 2.05) is 13.0 Å². The van der Waals surface area contributed by atoms with Crippen molar-refractivity contribution in [2.45, 2.75) is 185 Å². The second-order valence-corrected chi connectivity index (χ2v) is 18.3. The molecule has 0 aromatic carbocycles. The van der Waals surface area contributed by atoms with Crippen LogP contribution in [0.25, 0.3) is 0 Å². The number of carbonyl (C=O) groups excluding carboxylic acids is 3. The highest BCUT2D eigenvalue weighted by Gasteiger charge is 2.56. The molecule has 0 aromatic rings. The van der Waals surface area contributed by atoms with Crippen LogP contribution < -0.4 is 0 Å². The van der Waals surface area contributed by atoms with Crippen LogP contribution >= 0.6 is 0 Å². The Morgan fingerprint density at radius 1 is 0.857 bits per heavy atom. The minimum Gasteiger partial charge on any atom is -0.462 e. The number of aliphatic hydroxyl groups is 5. The molecule has 0 aromatic heterocycles. The number of allylic oxidation sites excluding steroid dienone is 3. The van der Waals surface area contributed by atoms with Gasteiger partial charge in [-0.05, 0) is 73.5 Å². The van der Waals surface area contributed by atoms with Gasteiger partial charge in [-0.15, -0.1) is 0 Å². The first-order valence-electron chi connectivity index (χ1n) is 22.2. The van der Waals surface area contributed by atoms with Crippen molar-refractivity contribution in [3.05, 3.63) is 23.8 Å². The monoisotopic (exact) mass is 902 g/mol. The summed E-state index contributed by atoms with van der Waals surface area (Å²) >= 11 is 0. The van der Waals surface area contributed by atoms with E-state index in [1.54, 1.807) is 66.6 Å². The number of likely N-dealkylation sites (N-methyl/N-ethyl adjacent to an activating group) is 1. The highest BCUT2D eigenvalue weighted by molar-refractivity contribution is 5.91. The molecule has 18 nitrogen and oxygen atoms in total. The van der Waals surface area contributed by atoms with Gasteiger partial charge in [0.15, 0.2) is 24.7 Å². The first-order valence-corrected chi connectivity index (χ1v) is 22.2. The van der Waals surface area contributed by atoms with Crippen molar-refractivity contribution >= 4 is 18.0 Å². The molecular formula is C45H75NO17. The second-order valence-electron chi connectivity index (χ2n) is 18.3. The lowest BCUT2D eigenvalue weighted by molar-refractivity contribution is -0.331. The summed E-state index contributed by atoms with van der Waals surface area (Å²) in [6.45, 7) is 13.5. The third-order valence-electron chi connectivity index (χ3n) is 13.2. The summed E-state index contributed by atoms with van der Waals surface area (Å²) in [5.41, 5.74) is -1.08. The highest BCUT2D eigenvalue weighted by Crippen LogP contribution is 2.38. The molecule has 0 radical (unpaired) electrons. The number of cyclic esters (lactones) is 1. The van der Waals surface area contributed by atoms with Gasteiger partial charge >= 0.3 is 5.97 Å². The van der Waals surface area contributed by atoms with Gasteiger partial charge in [0.25, 0.3) is 0 Å². The average Bonchev–Trinajstić information content (AvgIpc) is 3.42. The van der Waals surface area contributed by atoms with Crippen molar-refractivity contribution in [3.63, 3.8) is 0 Å². The molecule has 0 bridgehead atoms. The number of ketones is 1. The van der Waals surface area contributed by atoms with Crippen LogP contribution in [0.15, 0.2) is 23.8 Å². The van der Waals surface area contributed by atoms with E-state index in [-0.39, 0.29) is 25.2 Å². The molecule has 4 aliphatic rings. The van der Waals surface area contributed by atoms with Gasteiger partial charge in [0.1, 0.15) is 54.6 Å². The van der Waals surface area contributed by atoms with Crippen molar-refractivity contribution < 1.29 is 82.5 Å². The van der Waals surface area contributed by atoms with Gasteiger partial charge in [0.05, 0.1) is 49.6 Å². The van der Waals surface area contributed by atoms with E-state index in [4.69, 9.17) is 42.6 Å². The first kappa shape index (κ1) is 53.3. The van der Waals surface area contributed by atoms with Gasteiger partial charge in [0.2, 0.25) is 0 Å². The maximum absolute atomic E-state index is 13.8. The number of aliphatic hydroxyl groups excluding tert-OH is 4. The van der Waals surface area contributed by atoms with Crippen LogP contribution in [-0.4, -0.2) is 187 Å². The zero-order valence-electron chi connectivity index (χ0n) is 39.0.